The summed E-state index contributed by atoms with van der Waals surface area (Å²) < 4.78 is 13.4. The Kier molecular flexibility index (Phi) is 6.47. The number of aromatic nitrogens is 2. The van der Waals surface area contributed by atoms with Crippen LogP contribution in [0.1, 0.15) is 22.4 Å². The van der Waals surface area contributed by atoms with Gasteiger partial charge in [0.15, 0.2) is 0 Å². The molecule has 31 heavy (non-hydrogen) atoms. The lowest BCUT2D eigenvalue weighted by Crippen LogP contribution is -2.49. The van der Waals surface area contributed by atoms with Crippen LogP contribution in [0.5, 0.6) is 11.5 Å². The molecule has 0 saturated carbocycles. The lowest BCUT2D eigenvalue weighted by atomic mass is 10.1. The molecular formula is C22H28N6O3. The molecule has 2 amide bonds. The molecule has 0 spiro atoms. The third-order valence-corrected chi connectivity index (χ3v) is 4.93. The number of hydrazine groups is 2. The van der Waals surface area contributed by atoms with Gasteiger partial charge in [0.1, 0.15) is 18.1 Å². The zero-order chi connectivity index (χ0) is 22.7. The van der Waals surface area contributed by atoms with Crippen LogP contribution < -0.4 is 26.2 Å². The Labute approximate surface area is 181 Å². The van der Waals surface area contributed by atoms with E-state index in [1.807, 2.05) is 49.8 Å². The normalized spacial score (nSPS) is 10.7. The first-order valence-electron chi connectivity index (χ1n) is 9.72. The van der Waals surface area contributed by atoms with Crippen molar-refractivity contribution in [1.29, 1.82) is 0 Å². The molecule has 1 aromatic heterocycles. The Balaban J connectivity index is 1.90. The molecule has 164 valence electrons. The zero-order valence-electron chi connectivity index (χ0n) is 18.4. The summed E-state index contributed by atoms with van der Waals surface area (Å²) in [5.74, 6) is 12.8. The van der Waals surface area contributed by atoms with E-state index in [0.29, 0.717) is 22.7 Å². The lowest BCUT2D eigenvalue weighted by Gasteiger charge is -2.24. The van der Waals surface area contributed by atoms with Crippen LogP contribution in [0.4, 0.5) is 10.5 Å². The fourth-order valence-electron chi connectivity index (χ4n) is 3.26. The largest absolute Gasteiger partial charge is 0.496 e. The molecule has 3 aromatic rings. The number of hydrogen-bond donors (Lipinski definition) is 2. The highest BCUT2D eigenvalue weighted by atomic mass is 16.5. The summed E-state index contributed by atoms with van der Waals surface area (Å²) in [5, 5.41) is 6.37. The maximum absolute atomic E-state index is 12.3. The molecule has 2 aromatic carbocycles. The first-order chi connectivity index (χ1) is 14.7. The van der Waals surface area contributed by atoms with Gasteiger partial charge in [-0.1, -0.05) is 6.07 Å². The zero-order valence-corrected chi connectivity index (χ0v) is 18.4. The van der Waals surface area contributed by atoms with Gasteiger partial charge in [-0.15, -0.1) is 0 Å². The van der Waals surface area contributed by atoms with E-state index in [-0.39, 0.29) is 6.61 Å². The van der Waals surface area contributed by atoms with Crippen molar-refractivity contribution in [1.82, 2.24) is 14.8 Å². The van der Waals surface area contributed by atoms with Crippen LogP contribution in [0.3, 0.4) is 0 Å². The first-order valence-corrected chi connectivity index (χ1v) is 9.72. The van der Waals surface area contributed by atoms with E-state index in [4.69, 9.17) is 21.2 Å². The van der Waals surface area contributed by atoms with E-state index in [9.17, 15) is 4.79 Å². The van der Waals surface area contributed by atoms with E-state index in [1.165, 1.54) is 7.05 Å². The molecule has 9 nitrogen and oxygen atoms in total. The van der Waals surface area contributed by atoms with Crippen LogP contribution in [0, 0.1) is 20.8 Å². The predicted molar refractivity (Wildman–Crippen MR) is 119 cm³/mol. The van der Waals surface area contributed by atoms with Crippen molar-refractivity contribution in [3.05, 3.63) is 65.0 Å². The summed E-state index contributed by atoms with van der Waals surface area (Å²) in [6.45, 7) is 6.08. The quantitative estimate of drug-likeness (QED) is 0.357. The molecule has 0 aliphatic rings. The molecule has 4 N–H and O–H groups in total. The Morgan fingerprint density at radius 1 is 1.10 bits per heavy atom. The molecule has 0 aliphatic heterocycles. The molecule has 9 heteroatoms. The number of nitrogens with two attached hydrogens (primary N) is 2. The minimum atomic E-state index is -0.569. The Morgan fingerprint density at radius 2 is 1.84 bits per heavy atom. The third-order valence-electron chi connectivity index (χ3n) is 4.93. The average Bonchev–Trinajstić information content (AvgIpc) is 3.18. The topological polar surface area (TPSA) is 112 Å². The van der Waals surface area contributed by atoms with E-state index >= 15 is 0 Å². The highest BCUT2D eigenvalue weighted by molar-refractivity contribution is 5.91. The fourth-order valence-corrected chi connectivity index (χ4v) is 3.26. The summed E-state index contributed by atoms with van der Waals surface area (Å²) in [5.41, 5.74) is 4.98. The van der Waals surface area contributed by atoms with E-state index in [0.717, 1.165) is 32.5 Å². The Hall–Kier alpha value is -3.56. The van der Waals surface area contributed by atoms with Crippen molar-refractivity contribution < 1.29 is 14.3 Å². The molecule has 0 unspecified atom stereocenters. The van der Waals surface area contributed by atoms with Gasteiger partial charge >= 0.3 is 6.03 Å². The van der Waals surface area contributed by atoms with Gasteiger partial charge in [-0.25, -0.2) is 26.2 Å². The lowest BCUT2D eigenvalue weighted by molar-refractivity contribution is 0.216. The maximum atomic E-state index is 12.3. The summed E-state index contributed by atoms with van der Waals surface area (Å²) in [4.78, 5) is 12.3. The number of aryl methyl sites for hydroxylation is 3. The number of nitrogens with zero attached hydrogens (tertiary/aromatic N) is 4. The molecule has 0 aliphatic carbocycles. The number of anilines is 1. The number of carbonyl (C=O) groups excluding carboxylic acids is 1. The molecule has 0 saturated heterocycles. The van der Waals surface area contributed by atoms with Crippen molar-refractivity contribution in [2.24, 2.45) is 11.7 Å². The minimum Gasteiger partial charge on any atom is -0.496 e. The smallest absolute Gasteiger partial charge is 0.352 e. The minimum absolute atomic E-state index is 0.148. The second-order valence-electron chi connectivity index (χ2n) is 7.32. The number of methoxy groups -OCH3 is 1. The molecular weight excluding hydrogens is 396 g/mol. The van der Waals surface area contributed by atoms with Crippen LogP contribution in [0.2, 0.25) is 0 Å². The number of amides is 2. The van der Waals surface area contributed by atoms with Gasteiger partial charge in [0.2, 0.25) is 0 Å². The predicted octanol–water partition coefficient (Wildman–Crippen LogP) is 2.99. The Morgan fingerprint density at radius 3 is 2.45 bits per heavy atom. The monoisotopic (exact) mass is 424 g/mol. The second kappa shape index (κ2) is 9.07. The van der Waals surface area contributed by atoms with Crippen LogP contribution in [0.25, 0.3) is 5.69 Å². The summed E-state index contributed by atoms with van der Waals surface area (Å²) in [6.07, 6.45) is 1.93. The van der Waals surface area contributed by atoms with E-state index in [1.54, 1.807) is 25.3 Å². The fraction of sp³-hybridized carbons (Fsp3) is 0.273. The maximum Gasteiger partial charge on any atom is 0.352 e. The molecule has 0 bridgehead atoms. The number of hydrogen-bond acceptors (Lipinski definition) is 6. The van der Waals surface area contributed by atoms with Gasteiger partial charge in [0.25, 0.3) is 0 Å². The highest BCUT2D eigenvalue weighted by Gasteiger charge is 2.21. The number of benzene rings is 2. The van der Waals surface area contributed by atoms with E-state index in [2.05, 4.69) is 5.10 Å². The van der Waals surface area contributed by atoms with E-state index < -0.39 is 6.03 Å². The second-order valence-corrected chi connectivity index (χ2v) is 7.32. The van der Waals surface area contributed by atoms with Crippen molar-refractivity contribution in [3.63, 3.8) is 0 Å². The average molecular weight is 425 g/mol. The molecule has 1 heterocycles. The van der Waals surface area contributed by atoms with Gasteiger partial charge in [-0.05, 0) is 62.2 Å². The highest BCUT2D eigenvalue weighted by Crippen LogP contribution is 2.32. The number of urea groups is 1. The van der Waals surface area contributed by atoms with Crippen molar-refractivity contribution in [3.8, 4) is 17.2 Å². The van der Waals surface area contributed by atoms with Gasteiger partial charge in [0.05, 0.1) is 29.7 Å². The number of rotatable bonds is 6. The summed E-state index contributed by atoms with van der Waals surface area (Å²) in [6, 6.07) is 10.6. The summed E-state index contributed by atoms with van der Waals surface area (Å²) >= 11 is 0. The third kappa shape index (κ3) is 4.62. The molecule has 0 radical (unpaired) electrons. The first kappa shape index (κ1) is 22.1. The molecule has 0 fully saturated rings. The van der Waals surface area contributed by atoms with Crippen LogP contribution >= 0.6 is 0 Å². The van der Waals surface area contributed by atoms with Crippen molar-refractivity contribution in [2.45, 2.75) is 27.4 Å². The molecule has 3 rings (SSSR count). The van der Waals surface area contributed by atoms with Crippen molar-refractivity contribution >= 4 is 11.7 Å². The van der Waals surface area contributed by atoms with Gasteiger partial charge in [0, 0.05) is 13.2 Å². The SMILES string of the molecule is COc1cccc(N(N)C(=O)N(C)N)c1COc1cc(C)c(-n2ccc(C)n2)cc1C. The molecule has 0 atom stereocenters. The summed E-state index contributed by atoms with van der Waals surface area (Å²) in [7, 11) is 2.98. The number of carbonyl (C=O) groups is 1. The van der Waals surface area contributed by atoms with Crippen LogP contribution in [0.15, 0.2) is 42.6 Å². The Bertz CT molecular complexity index is 1090. The van der Waals surface area contributed by atoms with Gasteiger partial charge in [-0.2, -0.15) is 5.10 Å². The van der Waals surface area contributed by atoms with Gasteiger partial charge in [-0.3, -0.25) is 5.01 Å². The number of ether oxygens (including phenoxy) is 2. The van der Waals surface area contributed by atoms with Gasteiger partial charge < -0.3 is 9.47 Å². The standard InChI is InChI=1S/C22H28N6O3/c1-14-12-21(15(2)11-19(14)27-10-9-16(3)25-27)31-13-17-18(7-6-8-20(17)30-5)28(24)22(29)26(4)23/h6-12H,13,23-24H2,1-5H3. The van der Waals surface area contributed by atoms with Crippen LogP contribution in [-0.2, 0) is 6.61 Å². The van der Waals surface area contributed by atoms with Crippen molar-refractivity contribution in [2.75, 3.05) is 19.2 Å². The van der Waals surface area contributed by atoms with Crippen LogP contribution in [-0.4, -0.2) is 35.0 Å².